The van der Waals surface area contributed by atoms with Gasteiger partial charge in [0.1, 0.15) is 11.6 Å². The number of anilines is 1. The highest BCUT2D eigenvalue weighted by molar-refractivity contribution is 5.85. The molecule has 0 saturated carbocycles. The number of aromatic nitrogens is 2. The third-order valence-corrected chi connectivity index (χ3v) is 3.37. The lowest BCUT2D eigenvalue weighted by atomic mass is 10.2. The zero-order chi connectivity index (χ0) is 15.0. The quantitative estimate of drug-likeness (QED) is 0.935. The van der Waals surface area contributed by atoms with Crippen molar-refractivity contribution in [3.05, 3.63) is 23.8 Å². The van der Waals surface area contributed by atoms with Gasteiger partial charge < -0.3 is 10.6 Å². The predicted molar refractivity (Wildman–Crippen MR) is 72.1 cm³/mol. The number of imidazole rings is 1. The van der Waals surface area contributed by atoms with E-state index < -0.39 is 17.7 Å². The van der Waals surface area contributed by atoms with Gasteiger partial charge in [0, 0.05) is 13.6 Å². The second-order valence-electron chi connectivity index (χ2n) is 4.60. The molecule has 5 nitrogen and oxygen atoms in total. The molecule has 0 saturated heterocycles. The van der Waals surface area contributed by atoms with Crippen LogP contribution in [0.15, 0.2) is 12.1 Å². The van der Waals surface area contributed by atoms with Crippen LogP contribution >= 0.6 is 0 Å². The summed E-state index contributed by atoms with van der Waals surface area (Å²) < 4.78 is 28.6. The number of hydrogen-bond donors (Lipinski definition) is 1. The number of nitrogens with zero attached hydrogens (tertiary/aromatic N) is 3. The molecule has 0 aliphatic rings. The molecule has 1 aromatic heterocycles. The lowest BCUT2D eigenvalue weighted by Crippen LogP contribution is -2.33. The number of hydrogen-bond acceptors (Lipinski definition) is 3. The van der Waals surface area contributed by atoms with E-state index in [1.54, 1.807) is 14.0 Å². The van der Waals surface area contributed by atoms with Crippen LogP contribution in [0.2, 0.25) is 0 Å². The van der Waals surface area contributed by atoms with Crippen molar-refractivity contribution in [2.45, 2.75) is 19.9 Å². The van der Waals surface area contributed by atoms with Crippen LogP contribution in [0.3, 0.4) is 0 Å². The molecule has 1 amide bonds. The molecular weight excluding hydrogens is 266 g/mol. The molecule has 0 aliphatic heterocycles. The van der Waals surface area contributed by atoms with Crippen LogP contribution in [0.5, 0.6) is 0 Å². The minimum atomic E-state index is -1.05. The third-order valence-electron chi connectivity index (χ3n) is 3.37. The average Bonchev–Trinajstić information content (AvgIpc) is 2.77. The molecule has 0 bridgehead atoms. The molecule has 0 radical (unpaired) electrons. The van der Waals surface area contributed by atoms with Gasteiger partial charge in [0.25, 0.3) is 0 Å². The number of rotatable bonds is 3. The first-order valence-corrected chi connectivity index (χ1v) is 6.24. The van der Waals surface area contributed by atoms with Gasteiger partial charge in [0.15, 0.2) is 11.6 Å². The van der Waals surface area contributed by atoms with Crippen LogP contribution in [0.4, 0.5) is 14.7 Å². The molecule has 1 heterocycles. The van der Waals surface area contributed by atoms with Gasteiger partial charge >= 0.3 is 0 Å². The Balaban J connectivity index is 2.62. The molecule has 2 aromatic rings. The normalized spacial score (nSPS) is 12.7. The zero-order valence-electron chi connectivity index (χ0n) is 11.5. The monoisotopic (exact) mass is 282 g/mol. The molecule has 20 heavy (non-hydrogen) atoms. The molecule has 1 aromatic carbocycles. The van der Waals surface area contributed by atoms with Crippen molar-refractivity contribution in [1.29, 1.82) is 0 Å². The van der Waals surface area contributed by atoms with E-state index in [1.165, 1.54) is 15.5 Å². The summed E-state index contributed by atoms with van der Waals surface area (Å²) in [6.07, 6.45) is 0. The topological polar surface area (TPSA) is 64.2 Å². The van der Waals surface area contributed by atoms with E-state index in [1.807, 2.05) is 6.92 Å². The maximum atomic E-state index is 14.0. The Morgan fingerprint density at radius 3 is 2.75 bits per heavy atom. The Morgan fingerprint density at radius 1 is 1.50 bits per heavy atom. The Labute approximate surface area is 115 Å². The van der Waals surface area contributed by atoms with Crippen LogP contribution in [-0.4, -0.2) is 34.0 Å². The zero-order valence-corrected chi connectivity index (χ0v) is 11.5. The summed E-state index contributed by atoms with van der Waals surface area (Å²) in [6, 6.07) is 1.56. The lowest BCUT2D eigenvalue weighted by molar-refractivity contribution is -0.132. The molecule has 1 atom stereocenters. The van der Waals surface area contributed by atoms with E-state index in [0.29, 0.717) is 6.54 Å². The fourth-order valence-electron chi connectivity index (χ4n) is 2.12. The van der Waals surface area contributed by atoms with Crippen LogP contribution in [0.25, 0.3) is 11.0 Å². The molecule has 0 fully saturated rings. The molecule has 0 spiro atoms. The number of nitrogen functional groups attached to an aromatic ring is 1. The molecular formula is C13H16F2N4O. The number of nitrogens with two attached hydrogens (primary N) is 1. The molecule has 0 aliphatic carbocycles. The lowest BCUT2D eigenvalue weighted by Gasteiger charge is -2.22. The summed E-state index contributed by atoms with van der Waals surface area (Å²) in [5, 5.41) is 0. The second-order valence-corrected chi connectivity index (χ2v) is 4.60. The van der Waals surface area contributed by atoms with Crippen molar-refractivity contribution in [1.82, 2.24) is 14.5 Å². The largest absolute Gasteiger partial charge is 0.369 e. The molecule has 2 N–H and O–H groups in total. The average molecular weight is 282 g/mol. The Bertz CT molecular complexity index is 668. The summed E-state index contributed by atoms with van der Waals surface area (Å²) in [6.45, 7) is 3.91. The van der Waals surface area contributed by atoms with Gasteiger partial charge in [-0.25, -0.2) is 13.8 Å². The molecule has 2 rings (SSSR count). The van der Waals surface area contributed by atoms with E-state index >= 15 is 0 Å². The van der Waals surface area contributed by atoms with Gasteiger partial charge in [0.2, 0.25) is 11.9 Å². The van der Waals surface area contributed by atoms with Gasteiger partial charge in [0.05, 0.1) is 5.52 Å². The van der Waals surface area contributed by atoms with E-state index in [-0.39, 0.29) is 22.9 Å². The summed E-state index contributed by atoms with van der Waals surface area (Å²) in [7, 11) is 1.63. The first kappa shape index (κ1) is 14.2. The predicted octanol–water partition coefficient (Wildman–Crippen LogP) is 1.94. The Hall–Kier alpha value is -2.18. The molecule has 1 unspecified atom stereocenters. The minimum absolute atomic E-state index is 0.0187. The van der Waals surface area contributed by atoms with Gasteiger partial charge in [-0.3, -0.25) is 9.36 Å². The van der Waals surface area contributed by atoms with Crippen LogP contribution in [0, 0.1) is 11.6 Å². The van der Waals surface area contributed by atoms with Gasteiger partial charge in [-0.05, 0) is 26.0 Å². The van der Waals surface area contributed by atoms with Crippen molar-refractivity contribution >= 4 is 22.9 Å². The van der Waals surface area contributed by atoms with E-state index in [2.05, 4.69) is 4.98 Å². The van der Waals surface area contributed by atoms with Gasteiger partial charge in [-0.2, -0.15) is 0 Å². The van der Waals surface area contributed by atoms with E-state index in [4.69, 9.17) is 5.73 Å². The fourth-order valence-corrected chi connectivity index (χ4v) is 2.12. The number of halogens is 2. The van der Waals surface area contributed by atoms with Gasteiger partial charge in [-0.15, -0.1) is 0 Å². The third kappa shape index (κ3) is 2.09. The smallest absolute Gasteiger partial charge is 0.245 e. The number of carbonyl (C=O) groups excluding carboxylic acids is 1. The number of amides is 1. The summed E-state index contributed by atoms with van der Waals surface area (Å²) in [5.41, 5.74) is 5.88. The van der Waals surface area contributed by atoms with Crippen molar-refractivity contribution in [3.63, 3.8) is 0 Å². The molecule has 108 valence electrons. The van der Waals surface area contributed by atoms with Crippen LogP contribution in [-0.2, 0) is 4.79 Å². The highest BCUT2D eigenvalue weighted by atomic mass is 19.2. The fraction of sp³-hybridized carbons (Fsp3) is 0.385. The van der Waals surface area contributed by atoms with Crippen molar-refractivity contribution < 1.29 is 13.6 Å². The Morgan fingerprint density at radius 2 is 2.15 bits per heavy atom. The van der Waals surface area contributed by atoms with Crippen LogP contribution in [0.1, 0.15) is 19.9 Å². The number of carbonyl (C=O) groups is 1. The Kier molecular flexibility index (Phi) is 3.61. The highest BCUT2D eigenvalue weighted by Crippen LogP contribution is 2.27. The summed E-state index contributed by atoms with van der Waals surface area (Å²) in [5.74, 6) is -2.32. The van der Waals surface area contributed by atoms with E-state index in [9.17, 15) is 13.6 Å². The SMILES string of the molecule is CCN(C)C(=O)C(C)n1c(N)nc2ccc(F)c(F)c21. The minimum Gasteiger partial charge on any atom is -0.369 e. The molecule has 7 heteroatoms. The highest BCUT2D eigenvalue weighted by Gasteiger charge is 2.25. The van der Waals surface area contributed by atoms with Crippen molar-refractivity contribution in [2.24, 2.45) is 0 Å². The maximum absolute atomic E-state index is 14.0. The van der Waals surface area contributed by atoms with Crippen LogP contribution < -0.4 is 5.73 Å². The maximum Gasteiger partial charge on any atom is 0.245 e. The number of benzene rings is 1. The second kappa shape index (κ2) is 5.07. The van der Waals surface area contributed by atoms with Crippen molar-refractivity contribution in [2.75, 3.05) is 19.3 Å². The first-order valence-electron chi connectivity index (χ1n) is 6.24. The van der Waals surface area contributed by atoms with Gasteiger partial charge in [-0.1, -0.05) is 0 Å². The van der Waals surface area contributed by atoms with Crippen molar-refractivity contribution in [3.8, 4) is 0 Å². The number of fused-ring (bicyclic) bond motifs is 1. The van der Waals surface area contributed by atoms with E-state index in [0.717, 1.165) is 6.07 Å². The first-order chi connectivity index (χ1) is 9.38. The standard InChI is InChI=1S/C13H16F2N4O/c1-4-18(3)12(20)7(2)19-11-9(17-13(19)16)6-5-8(14)10(11)15/h5-7H,4H2,1-3H3,(H2,16,17). The summed E-state index contributed by atoms with van der Waals surface area (Å²) >= 11 is 0. The summed E-state index contributed by atoms with van der Waals surface area (Å²) in [4.78, 5) is 17.6. The number of likely N-dealkylation sites (N-methyl/N-ethyl adjacent to an activating group) is 1.